The Morgan fingerprint density at radius 1 is 0.969 bits per heavy atom. The van der Waals surface area contributed by atoms with E-state index in [1.807, 2.05) is 35.0 Å². The second-order valence-electron chi connectivity index (χ2n) is 8.68. The highest BCUT2D eigenvalue weighted by Crippen LogP contribution is 2.27. The number of likely N-dealkylation sites (N-methyl/N-ethyl adjacent to an activating group) is 1. The molecule has 0 saturated carbocycles. The molecule has 3 heterocycles. The molecule has 32 heavy (non-hydrogen) atoms. The fourth-order valence-electron chi connectivity index (χ4n) is 4.52. The summed E-state index contributed by atoms with van der Waals surface area (Å²) < 4.78 is 11.3. The highest BCUT2D eigenvalue weighted by molar-refractivity contribution is 5.82. The maximum absolute atomic E-state index is 12.9. The van der Waals surface area contributed by atoms with E-state index in [0.29, 0.717) is 59.0 Å². The summed E-state index contributed by atoms with van der Waals surface area (Å²) in [6, 6.07) is 8.08. The van der Waals surface area contributed by atoms with Crippen LogP contribution in [0.3, 0.4) is 0 Å². The van der Waals surface area contributed by atoms with Gasteiger partial charge in [-0.1, -0.05) is 25.1 Å². The predicted molar refractivity (Wildman–Crippen MR) is 122 cm³/mol. The zero-order valence-electron chi connectivity index (χ0n) is 19.2. The summed E-state index contributed by atoms with van der Waals surface area (Å²) in [7, 11) is 1.98. The van der Waals surface area contributed by atoms with Gasteiger partial charge in [0.15, 0.2) is 0 Å². The van der Waals surface area contributed by atoms with Gasteiger partial charge in [0.25, 0.3) is 0 Å². The van der Waals surface area contributed by atoms with Gasteiger partial charge in [-0.3, -0.25) is 19.4 Å². The summed E-state index contributed by atoms with van der Waals surface area (Å²) in [5.74, 6) is 1.29. The lowest BCUT2D eigenvalue weighted by Crippen LogP contribution is -2.53. The SMILES string of the molecule is CCc1oc2ccccc2c1CN(C)CC(=O)N1CCN(CC(=O)N2CCOCC2)CC1. The van der Waals surface area contributed by atoms with Crippen molar-refractivity contribution in [3.05, 3.63) is 35.6 Å². The van der Waals surface area contributed by atoms with Gasteiger partial charge in [-0.05, 0) is 13.1 Å². The van der Waals surface area contributed by atoms with E-state index in [4.69, 9.17) is 9.15 Å². The van der Waals surface area contributed by atoms with Crippen LogP contribution in [0.1, 0.15) is 18.2 Å². The van der Waals surface area contributed by atoms with E-state index in [9.17, 15) is 9.59 Å². The average molecular weight is 443 g/mol. The van der Waals surface area contributed by atoms with Gasteiger partial charge in [-0.2, -0.15) is 0 Å². The molecule has 174 valence electrons. The number of amides is 2. The Labute approximate surface area is 189 Å². The van der Waals surface area contributed by atoms with Crippen LogP contribution in [0.5, 0.6) is 0 Å². The minimum absolute atomic E-state index is 0.137. The van der Waals surface area contributed by atoms with Gasteiger partial charge in [0, 0.05) is 63.2 Å². The monoisotopic (exact) mass is 442 g/mol. The zero-order chi connectivity index (χ0) is 22.5. The second kappa shape index (κ2) is 10.5. The van der Waals surface area contributed by atoms with Crippen molar-refractivity contribution in [1.29, 1.82) is 0 Å². The van der Waals surface area contributed by atoms with E-state index in [2.05, 4.69) is 22.8 Å². The Hall–Kier alpha value is -2.42. The van der Waals surface area contributed by atoms with Crippen LogP contribution < -0.4 is 0 Å². The van der Waals surface area contributed by atoms with Crippen molar-refractivity contribution in [3.63, 3.8) is 0 Å². The molecule has 1 aromatic heterocycles. The third kappa shape index (κ3) is 5.31. The first-order chi connectivity index (χ1) is 15.5. The van der Waals surface area contributed by atoms with E-state index in [0.717, 1.165) is 36.2 Å². The van der Waals surface area contributed by atoms with Crippen LogP contribution >= 0.6 is 0 Å². The molecule has 8 nitrogen and oxygen atoms in total. The molecule has 2 aliphatic rings. The van der Waals surface area contributed by atoms with Crippen molar-refractivity contribution < 1.29 is 18.7 Å². The maximum atomic E-state index is 12.9. The molecule has 1 aromatic carbocycles. The average Bonchev–Trinajstić information content (AvgIpc) is 3.17. The minimum Gasteiger partial charge on any atom is -0.461 e. The number of aryl methyl sites for hydroxylation is 1. The number of nitrogens with zero attached hydrogens (tertiary/aromatic N) is 4. The third-order valence-electron chi connectivity index (χ3n) is 6.38. The highest BCUT2D eigenvalue weighted by Gasteiger charge is 2.25. The van der Waals surface area contributed by atoms with Crippen LogP contribution in [0, 0.1) is 0 Å². The van der Waals surface area contributed by atoms with E-state index < -0.39 is 0 Å². The lowest BCUT2D eigenvalue weighted by Gasteiger charge is -2.36. The quantitative estimate of drug-likeness (QED) is 0.646. The topological polar surface area (TPSA) is 69.5 Å². The van der Waals surface area contributed by atoms with Crippen molar-refractivity contribution in [2.24, 2.45) is 0 Å². The summed E-state index contributed by atoms with van der Waals surface area (Å²) >= 11 is 0. The Morgan fingerprint density at radius 2 is 1.66 bits per heavy atom. The van der Waals surface area contributed by atoms with E-state index >= 15 is 0 Å². The zero-order valence-corrected chi connectivity index (χ0v) is 19.2. The van der Waals surface area contributed by atoms with Gasteiger partial charge >= 0.3 is 0 Å². The number of piperazine rings is 1. The molecule has 2 aliphatic heterocycles. The number of carbonyl (C=O) groups excluding carboxylic acids is 2. The first-order valence-corrected chi connectivity index (χ1v) is 11.6. The molecular formula is C24H34N4O4. The molecule has 0 unspecified atom stereocenters. The van der Waals surface area contributed by atoms with E-state index in [1.165, 1.54) is 5.56 Å². The number of para-hydroxylation sites is 1. The first kappa shape index (κ1) is 22.8. The lowest BCUT2D eigenvalue weighted by molar-refractivity contribution is -0.138. The third-order valence-corrected chi connectivity index (χ3v) is 6.38. The van der Waals surface area contributed by atoms with Crippen LogP contribution in [0.15, 0.2) is 28.7 Å². The van der Waals surface area contributed by atoms with E-state index in [1.54, 1.807) is 0 Å². The molecule has 2 saturated heterocycles. The van der Waals surface area contributed by atoms with Crippen LogP contribution in [0.25, 0.3) is 11.0 Å². The van der Waals surface area contributed by atoms with Crippen molar-refractivity contribution in [2.75, 3.05) is 72.6 Å². The fraction of sp³-hybridized carbons (Fsp3) is 0.583. The highest BCUT2D eigenvalue weighted by atomic mass is 16.5. The largest absolute Gasteiger partial charge is 0.461 e. The Kier molecular flexibility index (Phi) is 7.44. The molecule has 0 aliphatic carbocycles. The normalized spacial score (nSPS) is 18.0. The lowest BCUT2D eigenvalue weighted by atomic mass is 10.1. The van der Waals surface area contributed by atoms with Crippen molar-refractivity contribution in [3.8, 4) is 0 Å². The van der Waals surface area contributed by atoms with Crippen LogP contribution in [0.4, 0.5) is 0 Å². The molecule has 0 atom stereocenters. The molecule has 2 amide bonds. The molecule has 8 heteroatoms. The molecule has 0 N–H and O–H groups in total. The first-order valence-electron chi connectivity index (χ1n) is 11.6. The van der Waals surface area contributed by atoms with Crippen molar-refractivity contribution >= 4 is 22.8 Å². The summed E-state index contributed by atoms with van der Waals surface area (Å²) in [4.78, 5) is 33.3. The Morgan fingerprint density at radius 3 is 2.38 bits per heavy atom. The van der Waals surface area contributed by atoms with Crippen molar-refractivity contribution in [1.82, 2.24) is 19.6 Å². The molecular weight excluding hydrogens is 408 g/mol. The van der Waals surface area contributed by atoms with Gasteiger partial charge < -0.3 is 19.0 Å². The molecule has 2 fully saturated rings. The standard InChI is InChI=1S/C24H34N4O4/c1-3-21-20(19-6-4-5-7-22(19)32-21)16-25(2)17-23(29)27-10-8-26(9-11-27)18-24(30)28-12-14-31-15-13-28/h4-7H,3,8-18H2,1-2H3. The Bertz CT molecular complexity index is 929. The predicted octanol–water partition coefficient (Wildman–Crippen LogP) is 1.43. The molecule has 0 spiro atoms. The number of furan rings is 1. The van der Waals surface area contributed by atoms with Crippen molar-refractivity contribution in [2.45, 2.75) is 19.9 Å². The van der Waals surface area contributed by atoms with Crippen LogP contribution in [-0.4, -0.2) is 104 Å². The van der Waals surface area contributed by atoms with Gasteiger partial charge in [-0.25, -0.2) is 0 Å². The minimum atomic E-state index is 0.137. The van der Waals surface area contributed by atoms with Gasteiger partial charge in [0.2, 0.25) is 11.8 Å². The molecule has 2 aromatic rings. The number of hydrogen-bond acceptors (Lipinski definition) is 6. The number of fused-ring (bicyclic) bond motifs is 1. The maximum Gasteiger partial charge on any atom is 0.236 e. The van der Waals surface area contributed by atoms with E-state index in [-0.39, 0.29) is 11.8 Å². The van der Waals surface area contributed by atoms with Gasteiger partial charge in [-0.15, -0.1) is 0 Å². The number of benzene rings is 1. The number of ether oxygens (including phenoxy) is 1. The van der Waals surface area contributed by atoms with Gasteiger partial charge in [0.05, 0.1) is 26.3 Å². The number of rotatable bonds is 7. The molecule has 4 rings (SSSR count). The van der Waals surface area contributed by atoms with Gasteiger partial charge in [0.1, 0.15) is 11.3 Å². The Balaban J connectivity index is 1.26. The summed E-state index contributed by atoms with van der Waals surface area (Å²) in [6.45, 7) is 8.96. The number of carbonyl (C=O) groups is 2. The number of morpholine rings is 1. The molecule has 0 radical (unpaired) electrons. The van der Waals surface area contributed by atoms with Crippen LogP contribution in [0.2, 0.25) is 0 Å². The van der Waals surface area contributed by atoms with Crippen LogP contribution in [-0.2, 0) is 27.3 Å². The fourth-order valence-corrected chi connectivity index (χ4v) is 4.52. The smallest absolute Gasteiger partial charge is 0.236 e. The summed E-state index contributed by atoms with van der Waals surface area (Å²) in [6.07, 6.45) is 0.830. The molecule has 0 bridgehead atoms. The summed E-state index contributed by atoms with van der Waals surface area (Å²) in [5, 5.41) is 1.13. The summed E-state index contributed by atoms with van der Waals surface area (Å²) in [5.41, 5.74) is 2.08. The second-order valence-corrected chi connectivity index (χ2v) is 8.68. The number of hydrogen-bond donors (Lipinski definition) is 0.